The van der Waals surface area contributed by atoms with Crippen molar-refractivity contribution in [3.05, 3.63) is 127 Å². The van der Waals surface area contributed by atoms with Crippen molar-refractivity contribution < 1.29 is 19.4 Å². The molecular formula is C43H56N6O6S. The monoisotopic (exact) mass is 784 g/mol. The number of aliphatic hydroxyl groups excluding tert-OH is 1. The quantitative estimate of drug-likeness (QED) is 0.0431. The van der Waals surface area contributed by atoms with Gasteiger partial charge < -0.3 is 35.1 Å². The number of amides is 1. The van der Waals surface area contributed by atoms with E-state index < -0.39 is 12.1 Å². The lowest BCUT2D eigenvalue weighted by Crippen LogP contribution is -2.33. The molecule has 2 aromatic heterocycles. The Balaban J connectivity index is 0.000000687. The molecule has 2 heterocycles. The van der Waals surface area contributed by atoms with Crippen molar-refractivity contribution >= 4 is 27.5 Å². The fourth-order valence-corrected chi connectivity index (χ4v) is 7.06. The fraction of sp³-hybridized carbons (Fsp3) is 0.442. The van der Waals surface area contributed by atoms with E-state index in [1.165, 1.54) is 51.0 Å². The van der Waals surface area contributed by atoms with Crippen molar-refractivity contribution in [1.82, 2.24) is 25.5 Å². The summed E-state index contributed by atoms with van der Waals surface area (Å²) >= 11 is 0.953. The Kier molecular flexibility index (Phi) is 18.7. The average molecular weight is 785 g/mol. The zero-order chi connectivity index (χ0) is 40.1. The second kappa shape index (κ2) is 23.9. The highest BCUT2D eigenvalue weighted by molar-refractivity contribution is 7.16. The van der Waals surface area contributed by atoms with E-state index in [1.807, 2.05) is 31.3 Å². The Morgan fingerprint density at radius 3 is 2.55 bits per heavy atom. The number of aromatic amines is 1. The average Bonchev–Trinajstić information content (AvgIpc) is 3.75. The minimum atomic E-state index is -0.859. The van der Waals surface area contributed by atoms with Crippen LogP contribution >= 0.6 is 11.3 Å². The number of fused-ring (bicyclic) bond motifs is 1. The van der Waals surface area contributed by atoms with Crippen LogP contribution in [0.2, 0.25) is 0 Å². The van der Waals surface area contributed by atoms with Crippen LogP contribution in [-0.4, -0.2) is 70.8 Å². The first kappa shape index (κ1) is 43.8. The summed E-state index contributed by atoms with van der Waals surface area (Å²) < 4.78 is 6.36. The Hall–Kier alpha value is -4.91. The number of H-pyrrole nitrogens is 1. The van der Waals surface area contributed by atoms with Crippen molar-refractivity contribution in [2.24, 2.45) is 5.18 Å². The van der Waals surface area contributed by atoms with Crippen LogP contribution in [0.1, 0.15) is 104 Å². The van der Waals surface area contributed by atoms with Gasteiger partial charge in [0.1, 0.15) is 17.0 Å². The maximum atomic E-state index is 12.8. The number of carbonyl (C=O) groups excluding carboxylic acids is 1. The first-order chi connectivity index (χ1) is 27.2. The van der Waals surface area contributed by atoms with Crippen LogP contribution in [-0.2, 0) is 12.8 Å². The highest BCUT2D eigenvalue weighted by atomic mass is 32.1. The molecule has 2 aromatic carbocycles. The van der Waals surface area contributed by atoms with Crippen LogP contribution < -0.4 is 15.5 Å². The predicted molar refractivity (Wildman–Crippen MR) is 224 cm³/mol. The van der Waals surface area contributed by atoms with Gasteiger partial charge in [-0.05, 0) is 61.5 Å². The summed E-state index contributed by atoms with van der Waals surface area (Å²) in [4.78, 5) is 44.7. The number of aromatic nitrogens is 2. The summed E-state index contributed by atoms with van der Waals surface area (Å²) in [6, 6.07) is 9.66. The van der Waals surface area contributed by atoms with Gasteiger partial charge in [0, 0.05) is 43.7 Å². The summed E-state index contributed by atoms with van der Waals surface area (Å²) in [5.41, 5.74) is 6.06. The molecule has 2 aliphatic rings. The molecule has 0 aliphatic heterocycles. The van der Waals surface area contributed by atoms with E-state index in [1.54, 1.807) is 42.6 Å². The van der Waals surface area contributed by atoms with E-state index in [0.29, 0.717) is 71.7 Å². The molecule has 300 valence electrons. The molecule has 4 aromatic rings. The van der Waals surface area contributed by atoms with E-state index in [9.17, 15) is 24.7 Å². The van der Waals surface area contributed by atoms with Gasteiger partial charge in [-0.3, -0.25) is 9.59 Å². The number of benzene rings is 2. The van der Waals surface area contributed by atoms with E-state index in [-0.39, 0.29) is 29.0 Å². The maximum absolute atomic E-state index is 12.8. The zero-order valence-corrected chi connectivity index (χ0v) is 33.6. The van der Waals surface area contributed by atoms with E-state index >= 15 is 0 Å². The molecule has 2 unspecified atom stereocenters. The van der Waals surface area contributed by atoms with Gasteiger partial charge in [-0.1, -0.05) is 112 Å². The lowest BCUT2D eigenvalue weighted by Gasteiger charge is -2.16. The van der Waals surface area contributed by atoms with Gasteiger partial charge in [-0.25, -0.2) is 4.98 Å². The highest BCUT2D eigenvalue weighted by Crippen LogP contribution is 2.31. The number of nitrogens with zero attached hydrogens (tertiary/aromatic N) is 3. The zero-order valence-electron chi connectivity index (χ0n) is 32.8. The van der Waals surface area contributed by atoms with Gasteiger partial charge in [0.05, 0.1) is 17.0 Å². The van der Waals surface area contributed by atoms with Gasteiger partial charge in [0.25, 0.3) is 5.91 Å². The number of nitroso groups, excluding NO2 is 1. The third kappa shape index (κ3) is 14.0. The van der Waals surface area contributed by atoms with E-state index in [0.717, 1.165) is 16.9 Å². The van der Waals surface area contributed by atoms with Crippen molar-refractivity contribution in [3.8, 4) is 5.75 Å². The van der Waals surface area contributed by atoms with Crippen molar-refractivity contribution in [3.63, 3.8) is 0 Å². The predicted octanol–water partition coefficient (Wildman–Crippen LogP) is 7.83. The summed E-state index contributed by atoms with van der Waals surface area (Å²) in [6.45, 7) is 6.83. The Bertz CT molecular complexity index is 2010. The van der Waals surface area contributed by atoms with Crippen LogP contribution in [0.15, 0.2) is 98.7 Å². The summed E-state index contributed by atoms with van der Waals surface area (Å²) in [5, 5.41) is 30.0. The maximum Gasteiger partial charge on any atom is 0.305 e. The van der Waals surface area contributed by atoms with Crippen LogP contribution in [0.25, 0.3) is 10.2 Å². The molecular weight excluding hydrogens is 729 g/mol. The fourth-order valence-electron chi connectivity index (χ4n) is 6.14. The minimum absolute atomic E-state index is 0.0308. The normalized spacial score (nSPS) is 14.6. The number of oxazole rings is 1. The molecule has 5 N–H and O–H groups in total. The molecule has 1 saturated carbocycles. The molecule has 13 heteroatoms. The summed E-state index contributed by atoms with van der Waals surface area (Å²) in [5.74, 6) is 0.695. The molecule has 56 heavy (non-hydrogen) atoms. The highest BCUT2D eigenvalue weighted by Gasteiger charge is 2.22. The van der Waals surface area contributed by atoms with Gasteiger partial charge in [0.2, 0.25) is 5.89 Å². The number of phenolic OH excluding ortho intramolecular Hbond substituents is 1. The molecule has 2 aliphatic carbocycles. The van der Waals surface area contributed by atoms with Crippen molar-refractivity contribution in [1.29, 1.82) is 0 Å². The van der Waals surface area contributed by atoms with Gasteiger partial charge in [-0.2, -0.15) is 0 Å². The van der Waals surface area contributed by atoms with Gasteiger partial charge >= 0.3 is 4.87 Å². The van der Waals surface area contributed by atoms with E-state index in [2.05, 4.69) is 50.3 Å². The van der Waals surface area contributed by atoms with Crippen molar-refractivity contribution in [2.75, 3.05) is 39.8 Å². The number of likely N-dealkylation sites (N-methyl/N-ethyl adjacent to an activating group) is 1. The van der Waals surface area contributed by atoms with Gasteiger partial charge in [0.15, 0.2) is 6.04 Å². The lowest BCUT2D eigenvalue weighted by molar-refractivity contribution is 0.0949. The number of thiazole rings is 1. The first-order valence-corrected chi connectivity index (χ1v) is 20.4. The van der Waals surface area contributed by atoms with Crippen molar-refractivity contribution in [2.45, 2.75) is 83.8 Å². The van der Waals surface area contributed by atoms with Crippen LogP contribution in [0.5, 0.6) is 5.75 Å². The topological polar surface area (TPSA) is 173 Å². The molecule has 1 amide bonds. The number of allylic oxidation sites excluding steroid dienone is 3. The minimum Gasteiger partial charge on any atom is -0.506 e. The SMILES string of the molecule is C1CCCCC1.CCC.CN(CCNC(=O)c1cccc(CCNCC(O)c2ccc(O)c3[nH]c(=O)sc23)c1)CCc1cnc(C(N=O)C2=CC=CC=C=C2)o1. The van der Waals surface area contributed by atoms with Gasteiger partial charge in [-0.15, -0.1) is 10.6 Å². The molecule has 0 spiro atoms. The van der Waals surface area contributed by atoms with Crippen LogP contribution in [0.4, 0.5) is 0 Å². The van der Waals surface area contributed by atoms with Crippen LogP contribution in [0, 0.1) is 4.91 Å². The molecule has 0 radical (unpaired) electrons. The summed E-state index contributed by atoms with van der Waals surface area (Å²) in [6.07, 6.45) is 21.1. The number of hydrogen-bond acceptors (Lipinski definition) is 11. The lowest BCUT2D eigenvalue weighted by atomic mass is 10.0. The number of phenols is 1. The number of rotatable bonds is 16. The molecule has 0 bridgehead atoms. The molecule has 0 saturated heterocycles. The number of hydrogen-bond donors (Lipinski definition) is 5. The Labute approximate surface area is 333 Å². The smallest absolute Gasteiger partial charge is 0.305 e. The first-order valence-electron chi connectivity index (χ1n) is 19.6. The Morgan fingerprint density at radius 2 is 1.82 bits per heavy atom. The molecule has 6 rings (SSSR count). The third-order valence-electron chi connectivity index (χ3n) is 9.15. The standard InChI is InChI=1S/C34H36N6O6S.C6H12.C3H8/c1-40(17-14-25-20-37-33(46-25)29(39-45)23-8-4-2-3-5-9-23)18-16-36-32(43)24-10-6-7-22(19-24)13-15-35-21-28(42)26-11-12-27(41)30-31(26)47-34(44)38-30;1-2-4-6-5-3-1;1-3-2/h2-4,6-12,19-20,28-29,35,41-42H,13-18,21H2,1H3,(H,36,43)(H,38,44);1-6H2;3H2,1-2H3. The largest absolute Gasteiger partial charge is 0.506 e. The second-order valence-electron chi connectivity index (χ2n) is 13.9. The summed E-state index contributed by atoms with van der Waals surface area (Å²) in [7, 11) is 1.95. The number of carbonyl (C=O) groups is 1. The van der Waals surface area contributed by atoms with Crippen LogP contribution in [0.3, 0.4) is 0 Å². The van der Waals surface area contributed by atoms with E-state index in [4.69, 9.17) is 4.42 Å². The third-order valence-corrected chi connectivity index (χ3v) is 10.1. The molecule has 1 fully saturated rings. The molecule has 12 nitrogen and oxygen atoms in total. The number of nitrogens with one attached hydrogen (secondary N) is 3. The number of aliphatic hydroxyl groups is 1. The second-order valence-corrected chi connectivity index (χ2v) is 14.9. The Morgan fingerprint density at radius 1 is 1.07 bits per heavy atom. The molecule has 2 atom stereocenters. The number of aromatic hydroxyl groups is 1.